The maximum Gasteiger partial charge on any atom is 0.255 e. The van der Waals surface area contributed by atoms with Gasteiger partial charge in [-0.1, -0.05) is 0 Å². The van der Waals surface area contributed by atoms with Gasteiger partial charge in [-0.3, -0.25) is 4.79 Å². The third kappa shape index (κ3) is 3.42. The fourth-order valence-electron chi connectivity index (χ4n) is 1.76. The molecule has 0 spiro atoms. The average molecular weight is 289 g/mol. The summed E-state index contributed by atoms with van der Waals surface area (Å²) in [5, 5.41) is 13.0. The average Bonchev–Trinajstić information content (AvgIpc) is 2.45. The highest BCUT2D eigenvalue weighted by Crippen LogP contribution is 2.17. The monoisotopic (exact) mass is 289 g/mol. The molecule has 1 aromatic carbocycles. The summed E-state index contributed by atoms with van der Waals surface area (Å²) < 4.78 is 25.9. The van der Waals surface area contributed by atoms with Crippen LogP contribution in [0.15, 0.2) is 53.8 Å². The van der Waals surface area contributed by atoms with Crippen molar-refractivity contribution >= 4 is 17.3 Å². The van der Waals surface area contributed by atoms with Crippen molar-refractivity contribution in [1.29, 1.82) is 5.41 Å². The van der Waals surface area contributed by atoms with Gasteiger partial charge in [0.05, 0.1) is 5.71 Å². The number of amides is 1. The van der Waals surface area contributed by atoms with Gasteiger partial charge in [0.25, 0.3) is 5.91 Å². The van der Waals surface area contributed by atoms with Crippen LogP contribution in [0, 0.1) is 17.0 Å². The SMILES string of the molecule is CN/C=C1/C=C(C(=O)Nc2ccc(F)c(F)c2)C=CC1=N. The van der Waals surface area contributed by atoms with Crippen LogP contribution in [0.3, 0.4) is 0 Å². The number of carbonyl (C=O) groups excluding carboxylic acids is 1. The first-order chi connectivity index (χ1) is 10.0. The molecule has 1 aliphatic rings. The van der Waals surface area contributed by atoms with Crippen LogP contribution >= 0.6 is 0 Å². The number of allylic oxidation sites excluding steroid dienone is 3. The van der Waals surface area contributed by atoms with Crippen LogP contribution in [0.2, 0.25) is 0 Å². The summed E-state index contributed by atoms with van der Waals surface area (Å²) >= 11 is 0. The topological polar surface area (TPSA) is 65.0 Å². The Morgan fingerprint density at radius 3 is 2.67 bits per heavy atom. The Kier molecular flexibility index (Phi) is 4.27. The Balaban J connectivity index is 2.18. The van der Waals surface area contributed by atoms with Crippen LogP contribution < -0.4 is 10.6 Å². The van der Waals surface area contributed by atoms with Crippen molar-refractivity contribution in [3.05, 3.63) is 65.4 Å². The predicted octanol–water partition coefficient (Wildman–Crippen LogP) is 2.52. The zero-order chi connectivity index (χ0) is 15.4. The number of carbonyl (C=O) groups is 1. The Labute approximate surface area is 120 Å². The lowest BCUT2D eigenvalue weighted by atomic mass is 10.0. The molecular formula is C15H13F2N3O. The predicted molar refractivity (Wildman–Crippen MR) is 77.1 cm³/mol. The molecule has 0 fully saturated rings. The molecular weight excluding hydrogens is 276 g/mol. The standard InChI is InChI=1S/C15H13F2N3O/c1-19-8-10-6-9(2-5-14(10)18)15(21)20-11-3-4-12(16)13(17)7-11/h2-8,18-19H,1H3,(H,20,21)/b10-8-,18-14?. The zero-order valence-electron chi connectivity index (χ0n) is 11.2. The largest absolute Gasteiger partial charge is 0.393 e. The summed E-state index contributed by atoms with van der Waals surface area (Å²) in [5.41, 5.74) is 1.30. The summed E-state index contributed by atoms with van der Waals surface area (Å²) in [5.74, 6) is -2.47. The van der Waals surface area contributed by atoms with E-state index in [1.807, 2.05) is 0 Å². The first-order valence-corrected chi connectivity index (χ1v) is 6.14. The lowest BCUT2D eigenvalue weighted by molar-refractivity contribution is -0.112. The first kappa shape index (κ1) is 14.6. The molecule has 0 aromatic heterocycles. The number of hydrogen-bond donors (Lipinski definition) is 3. The number of halogens is 2. The molecule has 3 N–H and O–H groups in total. The van der Waals surface area contributed by atoms with E-state index in [9.17, 15) is 13.6 Å². The molecule has 1 aliphatic carbocycles. The lowest BCUT2D eigenvalue weighted by Gasteiger charge is -2.11. The number of nitrogens with one attached hydrogen (secondary N) is 3. The molecule has 4 nitrogen and oxygen atoms in total. The van der Waals surface area contributed by atoms with Crippen molar-refractivity contribution in [3.8, 4) is 0 Å². The Hall–Kier alpha value is -2.76. The van der Waals surface area contributed by atoms with Crippen LogP contribution in [0.25, 0.3) is 0 Å². The number of benzene rings is 1. The highest BCUT2D eigenvalue weighted by atomic mass is 19.2. The van der Waals surface area contributed by atoms with Gasteiger partial charge in [-0.05, 0) is 30.4 Å². The van der Waals surface area contributed by atoms with Gasteiger partial charge in [-0.2, -0.15) is 0 Å². The van der Waals surface area contributed by atoms with Gasteiger partial charge in [0.1, 0.15) is 0 Å². The molecule has 0 atom stereocenters. The van der Waals surface area contributed by atoms with E-state index in [1.54, 1.807) is 13.2 Å². The first-order valence-electron chi connectivity index (χ1n) is 6.14. The van der Waals surface area contributed by atoms with E-state index in [-0.39, 0.29) is 11.4 Å². The molecule has 1 amide bonds. The van der Waals surface area contributed by atoms with Crippen LogP contribution in [-0.2, 0) is 4.79 Å². The summed E-state index contributed by atoms with van der Waals surface area (Å²) in [4.78, 5) is 12.1. The van der Waals surface area contributed by atoms with Crippen LogP contribution in [0.4, 0.5) is 14.5 Å². The quantitative estimate of drug-likeness (QED) is 0.800. The van der Waals surface area contributed by atoms with E-state index in [2.05, 4.69) is 10.6 Å². The van der Waals surface area contributed by atoms with Gasteiger partial charge >= 0.3 is 0 Å². The molecule has 0 aliphatic heterocycles. The molecule has 21 heavy (non-hydrogen) atoms. The van der Waals surface area contributed by atoms with Gasteiger partial charge < -0.3 is 16.0 Å². The number of hydrogen-bond acceptors (Lipinski definition) is 3. The van der Waals surface area contributed by atoms with Crippen LogP contribution in [-0.4, -0.2) is 18.7 Å². The molecule has 108 valence electrons. The normalized spacial score (nSPS) is 15.9. The minimum atomic E-state index is -1.03. The highest BCUT2D eigenvalue weighted by molar-refractivity contribution is 6.15. The van der Waals surface area contributed by atoms with Gasteiger partial charge in [-0.15, -0.1) is 0 Å². The molecule has 6 heteroatoms. The zero-order valence-corrected chi connectivity index (χ0v) is 11.2. The Bertz CT molecular complexity index is 690. The third-order valence-corrected chi connectivity index (χ3v) is 2.79. The molecule has 0 heterocycles. The molecule has 0 saturated heterocycles. The van der Waals surface area contributed by atoms with Crippen LogP contribution in [0.5, 0.6) is 0 Å². The van der Waals surface area contributed by atoms with Gasteiger partial charge in [0.2, 0.25) is 0 Å². The molecule has 0 radical (unpaired) electrons. The second-order valence-corrected chi connectivity index (χ2v) is 4.32. The van der Waals surface area contributed by atoms with E-state index >= 15 is 0 Å². The fourth-order valence-corrected chi connectivity index (χ4v) is 1.76. The Morgan fingerprint density at radius 1 is 1.24 bits per heavy atom. The van der Waals surface area contributed by atoms with E-state index in [1.165, 1.54) is 24.3 Å². The molecule has 0 bridgehead atoms. The van der Waals surface area contributed by atoms with E-state index < -0.39 is 17.5 Å². The second kappa shape index (κ2) is 6.13. The molecule has 2 rings (SSSR count). The van der Waals surface area contributed by atoms with Gasteiger partial charge in [-0.25, -0.2) is 8.78 Å². The Morgan fingerprint density at radius 2 is 2.00 bits per heavy atom. The summed E-state index contributed by atoms with van der Waals surface area (Å²) in [6, 6.07) is 3.13. The van der Waals surface area contributed by atoms with E-state index in [4.69, 9.17) is 5.41 Å². The lowest BCUT2D eigenvalue weighted by Crippen LogP contribution is -2.17. The molecule has 1 aromatic rings. The summed E-state index contributed by atoms with van der Waals surface area (Å²) in [6.45, 7) is 0. The number of anilines is 1. The van der Waals surface area contributed by atoms with Crippen molar-refractivity contribution in [2.24, 2.45) is 0 Å². The fraction of sp³-hybridized carbons (Fsp3) is 0.0667. The van der Waals surface area contributed by atoms with E-state index in [0.29, 0.717) is 11.1 Å². The summed E-state index contributed by atoms with van der Waals surface area (Å²) in [6.07, 6.45) is 6.11. The van der Waals surface area contributed by atoms with Crippen molar-refractivity contribution in [2.45, 2.75) is 0 Å². The third-order valence-electron chi connectivity index (χ3n) is 2.79. The van der Waals surface area contributed by atoms with Crippen molar-refractivity contribution < 1.29 is 13.6 Å². The van der Waals surface area contributed by atoms with Gasteiger partial charge in [0, 0.05) is 36.1 Å². The maximum atomic E-state index is 13.1. The highest BCUT2D eigenvalue weighted by Gasteiger charge is 2.14. The molecule has 0 unspecified atom stereocenters. The number of rotatable bonds is 3. The minimum absolute atomic E-state index is 0.160. The van der Waals surface area contributed by atoms with Crippen LogP contribution in [0.1, 0.15) is 0 Å². The van der Waals surface area contributed by atoms with E-state index in [0.717, 1.165) is 12.1 Å². The van der Waals surface area contributed by atoms with Gasteiger partial charge in [0.15, 0.2) is 11.6 Å². The second-order valence-electron chi connectivity index (χ2n) is 4.32. The summed E-state index contributed by atoms with van der Waals surface area (Å²) in [7, 11) is 1.69. The van der Waals surface area contributed by atoms with Crippen molar-refractivity contribution in [2.75, 3.05) is 12.4 Å². The maximum absolute atomic E-state index is 13.1. The van der Waals surface area contributed by atoms with Crippen molar-refractivity contribution in [3.63, 3.8) is 0 Å². The van der Waals surface area contributed by atoms with Crippen molar-refractivity contribution in [1.82, 2.24) is 5.32 Å². The smallest absolute Gasteiger partial charge is 0.255 e. The molecule has 0 saturated carbocycles. The minimum Gasteiger partial charge on any atom is -0.393 e.